The van der Waals surface area contributed by atoms with Crippen molar-refractivity contribution >= 4 is 11.6 Å². The lowest BCUT2D eigenvalue weighted by Gasteiger charge is -2.60. The van der Waals surface area contributed by atoms with Crippen molar-refractivity contribution in [2.24, 2.45) is 40.4 Å². The average Bonchev–Trinajstić information content (AvgIpc) is 2.85. The van der Waals surface area contributed by atoms with Gasteiger partial charge >= 0.3 is 0 Å². The first-order chi connectivity index (χ1) is 10.9. The summed E-state index contributed by atoms with van der Waals surface area (Å²) in [6.45, 7) is 6.74. The molecule has 0 aromatic heterocycles. The Bertz CT molecular complexity index is 538. The summed E-state index contributed by atoms with van der Waals surface area (Å²) < 4.78 is 0. The Morgan fingerprint density at radius 1 is 0.957 bits per heavy atom. The van der Waals surface area contributed by atoms with Crippen LogP contribution in [0.25, 0.3) is 0 Å². The molecule has 4 aliphatic rings. The third kappa shape index (κ3) is 2.12. The molecule has 0 heterocycles. The van der Waals surface area contributed by atoms with Crippen molar-refractivity contribution in [2.75, 3.05) is 0 Å². The second-order valence-electron chi connectivity index (χ2n) is 9.68. The first kappa shape index (κ1) is 15.8. The molecule has 2 heteroatoms. The normalized spacial score (nSPS) is 52.5. The van der Waals surface area contributed by atoms with E-state index in [1.165, 1.54) is 32.1 Å². The minimum absolute atomic E-state index is 0.265. The first-order valence-corrected chi connectivity index (χ1v) is 9.88. The molecular formula is C21H32O2. The fourth-order valence-electron chi connectivity index (χ4n) is 7.71. The summed E-state index contributed by atoms with van der Waals surface area (Å²) in [5.41, 5.74) is 0.660. The van der Waals surface area contributed by atoms with E-state index in [4.69, 9.17) is 0 Å². The van der Waals surface area contributed by atoms with E-state index in [0.717, 1.165) is 43.4 Å². The molecule has 0 radical (unpaired) electrons. The van der Waals surface area contributed by atoms with Gasteiger partial charge in [0.25, 0.3) is 0 Å². The highest BCUT2D eigenvalue weighted by Gasteiger charge is 2.60. The maximum atomic E-state index is 12.2. The molecule has 0 unspecified atom stereocenters. The molecule has 0 aromatic rings. The zero-order valence-electron chi connectivity index (χ0n) is 15.1. The van der Waals surface area contributed by atoms with Crippen LogP contribution in [-0.2, 0) is 9.59 Å². The van der Waals surface area contributed by atoms with Crippen molar-refractivity contribution in [3.63, 3.8) is 0 Å². The molecule has 0 saturated heterocycles. The van der Waals surface area contributed by atoms with E-state index in [0.29, 0.717) is 28.8 Å². The van der Waals surface area contributed by atoms with Crippen LogP contribution < -0.4 is 0 Å². The number of hydrogen-bond acceptors (Lipinski definition) is 2. The van der Waals surface area contributed by atoms with Gasteiger partial charge in [0, 0.05) is 18.8 Å². The highest BCUT2D eigenvalue weighted by Crippen LogP contribution is 2.67. The van der Waals surface area contributed by atoms with Crippen molar-refractivity contribution in [3.8, 4) is 0 Å². The molecule has 2 nitrogen and oxygen atoms in total. The van der Waals surface area contributed by atoms with Crippen molar-refractivity contribution in [3.05, 3.63) is 0 Å². The van der Waals surface area contributed by atoms with Gasteiger partial charge in [-0.05, 0) is 86.4 Å². The Hall–Kier alpha value is -0.660. The van der Waals surface area contributed by atoms with Crippen LogP contribution in [0, 0.1) is 40.4 Å². The maximum Gasteiger partial charge on any atom is 0.133 e. The fourth-order valence-corrected chi connectivity index (χ4v) is 7.71. The monoisotopic (exact) mass is 316 g/mol. The topological polar surface area (TPSA) is 34.1 Å². The fraction of sp³-hybridized carbons (Fsp3) is 0.905. The molecule has 0 aromatic carbocycles. The van der Waals surface area contributed by atoms with Crippen molar-refractivity contribution in [2.45, 2.75) is 78.6 Å². The van der Waals surface area contributed by atoms with Crippen LogP contribution in [0.1, 0.15) is 78.6 Å². The van der Waals surface area contributed by atoms with Gasteiger partial charge < -0.3 is 0 Å². The van der Waals surface area contributed by atoms with Crippen LogP contribution in [-0.4, -0.2) is 11.6 Å². The first-order valence-electron chi connectivity index (χ1n) is 9.88. The number of carbonyl (C=O) groups is 2. The Balaban J connectivity index is 1.63. The molecule has 4 rings (SSSR count). The Morgan fingerprint density at radius 2 is 1.70 bits per heavy atom. The van der Waals surface area contributed by atoms with Gasteiger partial charge in [0.2, 0.25) is 0 Å². The van der Waals surface area contributed by atoms with Gasteiger partial charge in [-0.1, -0.05) is 13.8 Å². The summed E-state index contributed by atoms with van der Waals surface area (Å²) in [4.78, 5) is 24.1. The van der Waals surface area contributed by atoms with Gasteiger partial charge in [0.05, 0.1) is 0 Å². The van der Waals surface area contributed by atoms with Crippen LogP contribution in [0.4, 0.5) is 0 Å². The molecule has 128 valence electrons. The lowest BCUT2D eigenvalue weighted by Crippen LogP contribution is -2.53. The molecule has 4 fully saturated rings. The van der Waals surface area contributed by atoms with E-state index in [1.54, 1.807) is 0 Å². The van der Waals surface area contributed by atoms with E-state index in [-0.39, 0.29) is 5.41 Å². The number of fused-ring (bicyclic) bond motifs is 5. The second kappa shape index (κ2) is 5.17. The predicted molar refractivity (Wildman–Crippen MR) is 90.9 cm³/mol. The standard InChI is InChI=1S/C21H32O2/c1-13(22)17-6-7-18-16-5-4-14-12-15(23)8-10-20(14,2)19(16)9-11-21(17,18)3/h14,16-19H,4-12H2,1-3H3/t14-,16-,17+,18-,19+,20-,21+/m0/s1. The third-order valence-electron chi connectivity index (χ3n) is 8.97. The number of ketones is 2. The summed E-state index contributed by atoms with van der Waals surface area (Å²) in [6.07, 6.45) is 10.3. The van der Waals surface area contributed by atoms with E-state index in [1.807, 2.05) is 6.92 Å². The Labute approximate surface area is 140 Å². The Kier molecular flexibility index (Phi) is 3.56. The van der Waals surface area contributed by atoms with Crippen molar-refractivity contribution in [1.82, 2.24) is 0 Å². The minimum Gasteiger partial charge on any atom is -0.300 e. The highest BCUT2D eigenvalue weighted by molar-refractivity contribution is 5.80. The van der Waals surface area contributed by atoms with Crippen molar-refractivity contribution in [1.29, 1.82) is 0 Å². The largest absolute Gasteiger partial charge is 0.300 e. The SMILES string of the molecule is CC(=O)[C@H]1CC[C@H]2[C@@H]3CC[C@H]4CC(=O)CC[C@]4(C)[C@@H]3CC[C@]12C. The molecule has 0 bridgehead atoms. The summed E-state index contributed by atoms with van der Waals surface area (Å²) in [7, 11) is 0. The van der Waals surface area contributed by atoms with E-state index < -0.39 is 0 Å². The van der Waals surface area contributed by atoms with E-state index in [2.05, 4.69) is 13.8 Å². The van der Waals surface area contributed by atoms with Crippen LogP contribution in [0.2, 0.25) is 0 Å². The van der Waals surface area contributed by atoms with Gasteiger partial charge in [-0.3, -0.25) is 9.59 Å². The number of hydrogen-bond donors (Lipinski definition) is 0. The molecule has 0 spiro atoms. The second-order valence-corrected chi connectivity index (χ2v) is 9.68. The third-order valence-corrected chi connectivity index (χ3v) is 8.97. The highest BCUT2D eigenvalue weighted by atomic mass is 16.1. The van der Waals surface area contributed by atoms with Gasteiger partial charge in [-0.15, -0.1) is 0 Å². The van der Waals surface area contributed by atoms with Gasteiger partial charge in [-0.2, -0.15) is 0 Å². The molecule has 0 N–H and O–H groups in total. The number of rotatable bonds is 1. The van der Waals surface area contributed by atoms with Crippen molar-refractivity contribution < 1.29 is 9.59 Å². The van der Waals surface area contributed by atoms with Gasteiger partial charge in [0.15, 0.2) is 0 Å². The summed E-state index contributed by atoms with van der Waals surface area (Å²) >= 11 is 0. The summed E-state index contributed by atoms with van der Waals surface area (Å²) in [5, 5.41) is 0. The lowest BCUT2D eigenvalue weighted by atomic mass is 9.44. The predicted octanol–water partition coefficient (Wildman–Crippen LogP) is 4.80. The van der Waals surface area contributed by atoms with Gasteiger partial charge in [-0.25, -0.2) is 0 Å². The molecule has 4 aliphatic carbocycles. The molecule has 23 heavy (non-hydrogen) atoms. The smallest absolute Gasteiger partial charge is 0.133 e. The molecular weight excluding hydrogens is 284 g/mol. The summed E-state index contributed by atoms with van der Waals surface area (Å²) in [6, 6.07) is 0. The lowest BCUT2D eigenvalue weighted by molar-refractivity contribution is -0.143. The zero-order valence-corrected chi connectivity index (χ0v) is 15.1. The average molecular weight is 316 g/mol. The number of carbonyl (C=O) groups excluding carboxylic acids is 2. The molecule has 0 amide bonds. The number of Topliss-reactive ketones (excluding diaryl/α,β-unsaturated/α-hetero) is 2. The molecule has 7 atom stereocenters. The van der Waals surface area contributed by atoms with Crippen LogP contribution in [0.15, 0.2) is 0 Å². The van der Waals surface area contributed by atoms with Gasteiger partial charge in [0.1, 0.15) is 11.6 Å². The van der Waals surface area contributed by atoms with Crippen LogP contribution in [0.3, 0.4) is 0 Å². The van der Waals surface area contributed by atoms with Crippen LogP contribution in [0.5, 0.6) is 0 Å². The minimum atomic E-state index is 0.265. The Morgan fingerprint density at radius 3 is 2.43 bits per heavy atom. The van der Waals surface area contributed by atoms with Crippen LogP contribution >= 0.6 is 0 Å². The molecule has 4 saturated carbocycles. The quantitative estimate of drug-likeness (QED) is 0.696. The zero-order chi connectivity index (χ0) is 16.4. The van der Waals surface area contributed by atoms with E-state index >= 15 is 0 Å². The molecule has 0 aliphatic heterocycles. The maximum absolute atomic E-state index is 12.2. The summed E-state index contributed by atoms with van der Waals surface area (Å²) in [5.74, 6) is 4.25. The van der Waals surface area contributed by atoms with E-state index in [9.17, 15) is 9.59 Å².